The zero-order valence-electron chi connectivity index (χ0n) is 11.1. The molecular formula is C13H18BrNO3S. The minimum atomic E-state index is -3.49. The molecule has 19 heavy (non-hydrogen) atoms. The molecule has 0 atom stereocenters. The Kier molecular flexibility index (Phi) is 4.53. The molecule has 1 fully saturated rings. The fourth-order valence-electron chi connectivity index (χ4n) is 1.98. The van der Waals surface area contributed by atoms with Gasteiger partial charge in [-0.3, -0.25) is 0 Å². The van der Waals surface area contributed by atoms with Crippen LogP contribution in [0.25, 0.3) is 0 Å². The van der Waals surface area contributed by atoms with Crippen LogP contribution in [0.5, 0.6) is 5.75 Å². The summed E-state index contributed by atoms with van der Waals surface area (Å²) in [5.41, 5.74) is 0. The van der Waals surface area contributed by atoms with Gasteiger partial charge in [0.2, 0.25) is 10.0 Å². The van der Waals surface area contributed by atoms with Crippen molar-refractivity contribution in [2.75, 3.05) is 20.2 Å². The second-order valence-electron chi connectivity index (χ2n) is 4.69. The fraction of sp³-hybridized carbons (Fsp3) is 0.538. The molecule has 1 aromatic rings. The summed E-state index contributed by atoms with van der Waals surface area (Å²) in [5, 5.41) is 0. The van der Waals surface area contributed by atoms with Gasteiger partial charge in [-0.1, -0.05) is 22.9 Å². The highest BCUT2D eigenvalue weighted by molar-refractivity contribution is 9.10. The van der Waals surface area contributed by atoms with E-state index < -0.39 is 10.0 Å². The van der Waals surface area contributed by atoms with Crippen molar-refractivity contribution in [1.82, 2.24) is 4.31 Å². The maximum absolute atomic E-state index is 12.7. The minimum absolute atomic E-state index is 0.229. The van der Waals surface area contributed by atoms with Crippen LogP contribution in [0.1, 0.15) is 19.8 Å². The van der Waals surface area contributed by atoms with Gasteiger partial charge in [-0.15, -0.1) is 0 Å². The van der Waals surface area contributed by atoms with E-state index in [9.17, 15) is 8.42 Å². The molecule has 1 aliphatic rings. The summed E-state index contributed by atoms with van der Waals surface area (Å²) < 4.78 is 32.8. The summed E-state index contributed by atoms with van der Waals surface area (Å²) in [7, 11) is -2.01. The largest absolute Gasteiger partial charge is 0.495 e. The van der Waals surface area contributed by atoms with Crippen LogP contribution in [0, 0.1) is 5.92 Å². The van der Waals surface area contributed by atoms with Crippen LogP contribution in [-0.4, -0.2) is 32.9 Å². The average Bonchev–Trinajstić information content (AvgIpc) is 3.19. The van der Waals surface area contributed by atoms with Gasteiger partial charge in [0.25, 0.3) is 0 Å². The zero-order chi connectivity index (χ0) is 14.0. The average molecular weight is 348 g/mol. The van der Waals surface area contributed by atoms with Gasteiger partial charge in [0.15, 0.2) is 0 Å². The van der Waals surface area contributed by atoms with Crippen LogP contribution >= 0.6 is 15.9 Å². The topological polar surface area (TPSA) is 46.6 Å². The number of sulfonamides is 1. The van der Waals surface area contributed by atoms with Gasteiger partial charge >= 0.3 is 0 Å². The fourth-order valence-corrected chi connectivity index (χ4v) is 4.20. The molecule has 1 aliphatic carbocycles. The van der Waals surface area contributed by atoms with E-state index in [1.165, 1.54) is 11.4 Å². The van der Waals surface area contributed by atoms with E-state index in [0.29, 0.717) is 24.8 Å². The summed E-state index contributed by atoms with van der Waals surface area (Å²) in [6.45, 7) is 2.95. The van der Waals surface area contributed by atoms with E-state index in [-0.39, 0.29) is 4.90 Å². The Hall–Kier alpha value is -0.590. The van der Waals surface area contributed by atoms with E-state index in [4.69, 9.17) is 4.74 Å². The summed E-state index contributed by atoms with van der Waals surface area (Å²) in [5.74, 6) is 0.908. The molecule has 0 aromatic heterocycles. The smallest absolute Gasteiger partial charge is 0.246 e. The molecule has 0 spiro atoms. The molecule has 0 saturated heterocycles. The molecule has 6 heteroatoms. The lowest BCUT2D eigenvalue weighted by molar-refractivity contribution is 0.388. The van der Waals surface area contributed by atoms with Crippen LogP contribution < -0.4 is 4.74 Å². The third kappa shape index (κ3) is 3.30. The molecule has 0 bridgehead atoms. The Balaban J connectivity index is 2.38. The molecule has 0 amide bonds. The van der Waals surface area contributed by atoms with Crippen molar-refractivity contribution in [1.29, 1.82) is 0 Å². The van der Waals surface area contributed by atoms with E-state index in [1.54, 1.807) is 18.2 Å². The molecule has 1 aromatic carbocycles. The standard InChI is InChI=1S/C13H18BrNO3S/c1-3-15(9-10-4-5-10)19(16,17)13-8-11(14)6-7-12(13)18-2/h6-8,10H,3-5,9H2,1-2H3. The Bertz CT molecular complexity index is 555. The third-order valence-corrected chi connectivity index (χ3v) is 5.71. The Labute approximate surface area is 122 Å². The Morgan fingerprint density at radius 1 is 1.42 bits per heavy atom. The molecule has 4 nitrogen and oxygen atoms in total. The lowest BCUT2D eigenvalue weighted by Crippen LogP contribution is -2.33. The summed E-state index contributed by atoms with van der Waals surface area (Å²) in [6.07, 6.45) is 2.25. The number of ether oxygens (including phenoxy) is 1. The van der Waals surface area contributed by atoms with Crippen LogP contribution in [0.3, 0.4) is 0 Å². The number of methoxy groups -OCH3 is 1. The predicted octanol–water partition coefficient (Wildman–Crippen LogP) is 2.88. The highest BCUT2D eigenvalue weighted by Gasteiger charge is 2.32. The van der Waals surface area contributed by atoms with Crippen molar-refractivity contribution in [3.63, 3.8) is 0 Å². The highest BCUT2D eigenvalue weighted by atomic mass is 79.9. The zero-order valence-corrected chi connectivity index (χ0v) is 13.5. The molecule has 1 saturated carbocycles. The van der Waals surface area contributed by atoms with Crippen LogP contribution in [0.2, 0.25) is 0 Å². The van der Waals surface area contributed by atoms with Crippen LogP contribution in [0.15, 0.2) is 27.6 Å². The third-order valence-electron chi connectivity index (χ3n) is 3.25. The molecule has 0 aliphatic heterocycles. The van der Waals surface area contributed by atoms with Crippen LogP contribution in [-0.2, 0) is 10.0 Å². The minimum Gasteiger partial charge on any atom is -0.495 e. The van der Waals surface area contributed by atoms with Gasteiger partial charge in [0.05, 0.1) is 7.11 Å². The highest BCUT2D eigenvalue weighted by Crippen LogP contribution is 2.34. The number of halogens is 1. The molecule has 0 N–H and O–H groups in total. The lowest BCUT2D eigenvalue weighted by atomic mass is 10.3. The van der Waals surface area contributed by atoms with Gasteiger partial charge in [-0.25, -0.2) is 8.42 Å². The summed E-state index contributed by atoms with van der Waals surface area (Å²) in [6, 6.07) is 5.04. The first-order valence-electron chi connectivity index (χ1n) is 6.32. The monoisotopic (exact) mass is 347 g/mol. The predicted molar refractivity (Wildman–Crippen MR) is 77.9 cm³/mol. The van der Waals surface area contributed by atoms with Crippen molar-refractivity contribution >= 4 is 26.0 Å². The maximum atomic E-state index is 12.7. The van der Waals surface area contributed by atoms with Gasteiger partial charge in [0.1, 0.15) is 10.6 Å². The van der Waals surface area contributed by atoms with Crippen molar-refractivity contribution in [3.05, 3.63) is 22.7 Å². The molecule has 106 valence electrons. The van der Waals surface area contributed by atoms with Crippen molar-refractivity contribution in [3.8, 4) is 5.75 Å². The molecule has 0 unspecified atom stereocenters. The first-order valence-corrected chi connectivity index (χ1v) is 8.56. The van der Waals surface area contributed by atoms with Gasteiger partial charge < -0.3 is 4.74 Å². The van der Waals surface area contributed by atoms with Crippen molar-refractivity contribution in [2.45, 2.75) is 24.7 Å². The first-order chi connectivity index (χ1) is 8.98. The number of hydrogen-bond donors (Lipinski definition) is 0. The van der Waals surface area contributed by atoms with Crippen LogP contribution in [0.4, 0.5) is 0 Å². The molecule has 0 radical (unpaired) electrons. The maximum Gasteiger partial charge on any atom is 0.246 e. The number of nitrogens with zero attached hydrogens (tertiary/aromatic N) is 1. The quantitative estimate of drug-likeness (QED) is 0.794. The Morgan fingerprint density at radius 2 is 2.11 bits per heavy atom. The van der Waals surface area contributed by atoms with E-state index in [0.717, 1.165) is 17.3 Å². The van der Waals surface area contributed by atoms with E-state index >= 15 is 0 Å². The Morgan fingerprint density at radius 3 is 2.63 bits per heavy atom. The van der Waals surface area contributed by atoms with Gasteiger partial charge in [-0.2, -0.15) is 4.31 Å². The van der Waals surface area contributed by atoms with E-state index in [2.05, 4.69) is 15.9 Å². The van der Waals surface area contributed by atoms with Gasteiger partial charge in [-0.05, 0) is 37.0 Å². The second-order valence-corrected chi connectivity index (χ2v) is 7.52. The van der Waals surface area contributed by atoms with Gasteiger partial charge in [0, 0.05) is 17.6 Å². The SMILES string of the molecule is CCN(CC1CC1)S(=O)(=O)c1cc(Br)ccc1OC. The molecule has 2 rings (SSSR count). The normalized spacial score (nSPS) is 15.8. The number of hydrogen-bond acceptors (Lipinski definition) is 3. The summed E-state index contributed by atoms with van der Waals surface area (Å²) >= 11 is 3.31. The second kappa shape index (κ2) is 5.81. The number of rotatable bonds is 6. The lowest BCUT2D eigenvalue weighted by Gasteiger charge is -2.21. The van der Waals surface area contributed by atoms with Crippen molar-refractivity contribution < 1.29 is 13.2 Å². The number of benzene rings is 1. The molecule has 0 heterocycles. The first kappa shape index (κ1) is 14.8. The summed E-state index contributed by atoms with van der Waals surface area (Å²) in [4.78, 5) is 0.229. The molecular weight excluding hydrogens is 330 g/mol. The van der Waals surface area contributed by atoms with Crippen molar-refractivity contribution in [2.24, 2.45) is 5.92 Å². The van der Waals surface area contributed by atoms with E-state index in [1.807, 2.05) is 6.92 Å².